The number of carboxylic acids is 1. The number of aliphatic carboxylic acids is 1. The Morgan fingerprint density at radius 2 is 1.86 bits per heavy atom. The van der Waals surface area contributed by atoms with Gasteiger partial charge in [0.2, 0.25) is 5.91 Å². The molecule has 0 aliphatic heterocycles. The number of carboxylic acid groups (broad SMARTS) is 1. The SMILES string of the molecule is O=C(O)CNC(=O)c1cccc(NC(=O)C2CCCCC2)c1. The third-order valence-corrected chi connectivity index (χ3v) is 3.77. The number of carbonyl (C=O) groups is 3. The first-order valence-electron chi connectivity index (χ1n) is 7.47. The first-order valence-corrected chi connectivity index (χ1v) is 7.47. The first kappa shape index (κ1) is 16.0. The summed E-state index contributed by atoms with van der Waals surface area (Å²) in [6, 6.07) is 6.51. The van der Waals surface area contributed by atoms with Gasteiger partial charge >= 0.3 is 5.97 Å². The van der Waals surface area contributed by atoms with Crippen LogP contribution >= 0.6 is 0 Å². The zero-order chi connectivity index (χ0) is 15.9. The summed E-state index contributed by atoms with van der Waals surface area (Å²) in [5.74, 6) is -1.55. The lowest BCUT2D eigenvalue weighted by Crippen LogP contribution is -2.29. The summed E-state index contributed by atoms with van der Waals surface area (Å²) in [6.45, 7) is -0.433. The van der Waals surface area contributed by atoms with Crippen molar-refractivity contribution in [2.24, 2.45) is 5.92 Å². The molecule has 0 spiro atoms. The average molecular weight is 304 g/mol. The van der Waals surface area contributed by atoms with Gasteiger partial charge in [0, 0.05) is 17.2 Å². The van der Waals surface area contributed by atoms with E-state index in [-0.39, 0.29) is 11.8 Å². The maximum absolute atomic E-state index is 12.2. The van der Waals surface area contributed by atoms with Crippen molar-refractivity contribution >= 4 is 23.5 Å². The van der Waals surface area contributed by atoms with Crippen molar-refractivity contribution in [1.29, 1.82) is 0 Å². The molecule has 6 heteroatoms. The van der Waals surface area contributed by atoms with E-state index in [2.05, 4.69) is 10.6 Å². The molecular formula is C16H20N2O4. The summed E-state index contributed by atoms with van der Waals surface area (Å²) < 4.78 is 0. The smallest absolute Gasteiger partial charge is 0.322 e. The van der Waals surface area contributed by atoms with Gasteiger partial charge in [0.1, 0.15) is 6.54 Å². The Morgan fingerprint density at radius 3 is 2.55 bits per heavy atom. The molecule has 0 unspecified atom stereocenters. The van der Waals surface area contributed by atoms with E-state index >= 15 is 0 Å². The summed E-state index contributed by atoms with van der Waals surface area (Å²) in [6.07, 6.45) is 5.16. The average Bonchev–Trinajstić information content (AvgIpc) is 2.53. The number of benzene rings is 1. The van der Waals surface area contributed by atoms with Crippen LogP contribution in [0.1, 0.15) is 42.5 Å². The Bertz CT molecular complexity index is 565. The minimum atomic E-state index is -1.10. The Kier molecular flexibility index (Phi) is 5.52. The molecular weight excluding hydrogens is 284 g/mol. The van der Waals surface area contributed by atoms with Crippen molar-refractivity contribution in [2.45, 2.75) is 32.1 Å². The van der Waals surface area contributed by atoms with Crippen molar-refractivity contribution < 1.29 is 19.5 Å². The highest BCUT2D eigenvalue weighted by molar-refractivity contribution is 5.98. The van der Waals surface area contributed by atoms with Crippen molar-refractivity contribution in [1.82, 2.24) is 5.32 Å². The number of anilines is 1. The van der Waals surface area contributed by atoms with Gasteiger partial charge in [0.15, 0.2) is 0 Å². The van der Waals surface area contributed by atoms with Crippen LogP contribution in [0.4, 0.5) is 5.69 Å². The van der Waals surface area contributed by atoms with Gasteiger partial charge in [-0.15, -0.1) is 0 Å². The van der Waals surface area contributed by atoms with Crippen LogP contribution < -0.4 is 10.6 Å². The maximum atomic E-state index is 12.2. The van der Waals surface area contributed by atoms with Gasteiger partial charge in [0.25, 0.3) is 5.91 Å². The lowest BCUT2D eigenvalue weighted by atomic mass is 9.88. The lowest BCUT2D eigenvalue weighted by molar-refractivity contribution is -0.135. The molecule has 0 radical (unpaired) electrons. The molecule has 2 amide bonds. The van der Waals surface area contributed by atoms with E-state index in [0.717, 1.165) is 25.7 Å². The Morgan fingerprint density at radius 1 is 1.14 bits per heavy atom. The summed E-state index contributed by atoms with van der Waals surface area (Å²) in [5, 5.41) is 13.7. The highest BCUT2D eigenvalue weighted by atomic mass is 16.4. The van der Waals surface area contributed by atoms with Crippen molar-refractivity contribution in [3.8, 4) is 0 Å². The highest BCUT2D eigenvalue weighted by Crippen LogP contribution is 2.25. The molecule has 0 atom stereocenters. The molecule has 1 aromatic rings. The molecule has 3 N–H and O–H groups in total. The highest BCUT2D eigenvalue weighted by Gasteiger charge is 2.21. The molecule has 0 aromatic heterocycles. The number of hydrogen-bond donors (Lipinski definition) is 3. The standard InChI is InChI=1S/C16H20N2O4/c19-14(20)10-17-15(21)12-7-4-8-13(9-12)18-16(22)11-5-2-1-3-6-11/h4,7-9,11H,1-3,5-6,10H2,(H,17,21)(H,18,22)(H,19,20). The van der Waals surface area contributed by atoms with Crippen LogP contribution in [0, 0.1) is 5.92 Å². The molecule has 0 heterocycles. The second kappa shape index (κ2) is 7.59. The van der Waals surface area contributed by atoms with Crippen molar-refractivity contribution in [2.75, 3.05) is 11.9 Å². The number of carbonyl (C=O) groups excluding carboxylic acids is 2. The summed E-state index contributed by atoms with van der Waals surface area (Å²) in [5.41, 5.74) is 0.876. The molecule has 0 bridgehead atoms. The number of hydrogen-bond acceptors (Lipinski definition) is 3. The number of amides is 2. The topological polar surface area (TPSA) is 95.5 Å². The summed E-state index contributed by atoms with van der Waals surface area (Å²) in [4.78, 5) is 34.4. The quantitative estimate of drug-likeness (QED) is 0.775. The molecule has 1 saturated carbocycles. The van der Waals surface area contributed by atoms with Crippen LogP contribution in [-0.2, 0) is 9.59 Å². The third-order valence-electron chi connectivity index (χ3n) is 3.77. The van der Waals surface area contributed by atoms with E-state index in [1.807, 2.05) is 0 Å². The monoisotopic (exact) mass is 304 g/mol. The predicted octanol–water partition coefficient (Wildman–Crippen LogP) is 2.02. The fourth-order valence-electron chi connectivity index (χ4n) is 2.61. The van der Waals surface area contributed by atoms with Gasteiger partial charge in [-0.05, 0) is 31.0 Å². The maximum Gasteiger partial charge on any atom is 0.322 e. The third kappa shape index (κ3) is 4.58. The number of rotatable bonds is 5. The molecule has 2 rings (SSSR count). The summed E-state index contributed by atoms with van der Waals surface area (Å²) in [7, 11) is 0. The van der Waals surface area contributed by atoms with Crippen LogP contribution in [-0.4, -0.2) is 29.4 Å². The molecule has 1 fully saturated rings. The van der Waals surface area contributed by atoms with E-state index in [1.54, 1.807) is 24.3 Å². The van der Waals surface area contributed by atoms with Gasteiger partial charge in [-0.25, -0.2) is 0 Å². The fraction of sp³-hybridized carbons (Fsp3) is 0.438. The van der Waals surface area contributed by atoms with E-state index in [9.17, 15) is 14.4 Å². The molecule has 118 valence electrons. The minimum absolute atomic E-state index is 0.0113. The van der Waals surface area contributed by atoms with Crippen LogP contribution in [0.25, 0.3) is 0 Å². The van der Waals surface area contributed by atoms with E-state index in [0.29, 0.717) is 11.3 Å². The van der Waals surface area contributed by atoms with E-state index in [1.165, 1.54) is 6.42 Å². The Hall–Kier alpha value is -2.37. The normalized spacial score (nSPS) is 15.1. The van der Waals surface area contributed by atoms with Crippen LogP contribution in [0.5, 0.6) is 0 Å². The van der Waals surface area contributed by atoms with Crippen molar-refractivity contribution in [3.05, 3.63) is 29.8 Å². The van der Waals surface area contributed by atoms with Gasteiger partial charge in [-0.1, -0.05) is 25.3 Å². The van der Waals surface area contributed by atoms with E-state index < -0.39 is 18.4 Å². The largest absolute Gasteiger partial charge is 0.480 e. The molecule has 1 aromatic carbocycles. The van der Waals surface area contributed by atoms with Crippen LogP contribution in [0.2, 0.25) is 0 Å². The predicted molar refractivity (Wildman–Crippen MR) is 81.6 cm³/mol. The second-order valence-electron chi connectivity index (χ2n) is 5.48. The molecule has 1 aliphatic rings. The molecule has 0 saturated heterocycles. The van der Waals surface area contributed by atoms with Crippen molar-refractivity contribution in [3.63, 3.8) is 0 Å². The number of nitrogens with one attached hydrogen (secondary N) is 2. The first-order chi connectivity index (χ1) is 10.6. The zero-order valence-corrected chi connectivity index (χ0v) is 12.3. The van der Waals surface area contributed by atoms with Gasteiger partial charge < -0.3 is 15.7 Å². The summed E-state index contributed by atoms with van der Waals surface area (Å²) >= 11 is 0. The van der Waals surface area contributed by atoms with Crippen LogP contribution in [0.3, 0.4) is 0 Å². The van der Waals surface area contributed by atoms with E-state index in [4.69, 9.17) is 5.11 Å². The van der Waals surface area contributed by atoms with Gasteiger partial charge in [0.05, 0.1) is 0 Å². The Labute approximate surface area is 128 Å². The lowest BCUT2D eigenvalue weighted by Gasteiger charge is -2.20. The molecule has 22 heavy (non-hydrogen) atoms. The zero-order valence-electron chi connectivity index (χ0n) is 12.3. The van der Waals surface area contributed by atoms with Crippen LogP contribution in [0.15, 0.2) is 24.3 Å². The van der Waals surface area contributed by atoms with Gasteiger partial charge in [-0.2, -0.15) is 0 Å². The van der Waals surface area contributed by atoms with Gasteiger partial charge in [-0.3, -0.25) is 14.4 Å². The second-order valence-corrected chi connectivity index (χ2v) is 5.48. The Balaban J connectivity index is 1.97. The minimum Gasteiger partial charge on any atom is -0.480 e. The molecule has 6 nitrogen and oxygen atoms in total. The molecule has 1 aliphatic carbocycles. The fourth-order valence-corrected chi connectivity index (χ4v) is 2.61.